The van der Waals surface area contributed by atoms with Gasteiger partial charge in [-0.1, -0.05) is 11.6 Å². The molecule has 0 radical (unpaired) electrons. The van der Waals surface area contributed by atoms with Crippen LogP contribution in [-0.2, 0) is 6.54 Å². The summed E-state index contributed by atoms with van der Waals surface area (Å²) in [6.45, 7) is 4.22. The molecule has 12 heavy (non-hydrogen) atoms. The van der Waals surface area contributed by atoms with Crippen LogP contribution >= 0.6 is 23.2 Å². The van der Waals surface area contributed by atoms with Gasteiger partial charge >= 0.3 is 0 Å². The lowest BCUT2D eigenvalue weighted by Crippen LogP contribution is -1.96. The Morgan fingerprint density at radius 1 is 1.67 bits per heavy atom. The minimum atomic E-state index is -0.558. The fraction of sp³-hybridized carbons (Fsp3) is 0.429. The van der Waals surface area contributed by atoms with Gasteiger partial charge in [0.15, 0.2) is 0 Å². The van der Waals surface area contributed by atoms with Crippen molar-refractivity contribution in [2.24, 2.45) is 0 Å². The predicted octanol–water partition coefficient (Wildman–Crippen LogP) is 2.24. The normalized spacial score (nSPS) is 10.3. The minimum absolute atomic E-state index is 0.306. The zero-order chi connectivity index (χ0) is 9.30. The monoisotopic (exact) mass is 206 g/mol. The standard InChI is InChI=1S/C7H8Cl2N2O/c1-3-11-6(8)5(7(9)12)4(2)10-11/h3H2,1-2H3. The average molecular weight is 207 g/mol. The molecule has 0 spiro atoms. The Morgan fingerprint density at radius 3 is 2.50 bits per heavy atom. The van der Waals surface area contributed by atoms with Crippen molar-refractivity contribution >= 4 is 28.4 Å². The van der Waals surface area contributed by atoms with E-state index in [4.69, 9.17) is 23.2 Å². The smallest absolute Gasteiger partial charge is 0.257 e. The van der Waals surface area contributed by atoms with E-state index >= 15 is 0 Å². The number of carbonyl (C=O) groups is 1. The molecule has 0 aliphatic carbocycles. The van der Waals surface area contributed by atoms with E-state index in [-0.39, 0.29) is 0 Å². The Kier molecular flexibility index (Phi) is 2.75. The van der Waals surface area contributed by atoms with Crippen LogP contribution in [0.2, 0.25) is 5.15 Å². The topological polar surface area (TPSA) is 34.9 Å². The van der Waals surface area contributed by atoms with Crippen molar-refractivity contribution in [2.45, 2.75) is 20.4 Å². The summed E-state index contributed by atoms with van der Waals surface area (Å²) in [4.78, 5) is 10.8. The lowest BCUT2D eigenvalue weighted by atomic mass is 10.3. The zero-order valence-electron chi connectivity index (χ0n) is 6.77. The molecule has 0 N–H and O–H groups in total. The molecule has 0 saturated carbocycles. The molecular formula is C7H8Cl2N2O. The van der Waals surface area contributed by atoms with Gasteiger partial charge in [-0.15, -0.1) is 0 Å². The van der Waals surface area contributed by atoms with Crippen LogP contribution in [0.3, 0.4) is 0 Å². The van der Waals surface area contributed by atoms with Gasteiger partial charge < -0.3 is 0 Å². The van der Waals surface area contributed by atoms with Crippen LogP contribution < -0.4 is 0 Å². The Hall–Kier alpha value is -0.540. The van der Waals surface area contributed by atoms with E-state index in [1.54, 1.807) is 6.92 Å². The maximum atomic E-state index is 10.8. The largest absolute Gasteiger partial charge is 0.275 e. The molecule has 0 unspecified atom stereocenters. The highest BCUT2D eigenvalue weighted by Gasteiger charge is 2.17. The van der Waals surface area contributed by atoms with E-state index in [9.17, 15) is 4.79 Å². The number of halogens is 2. The lowest BCUT2D eigenvalue weighted by molar-refractivity contribution is 0.108. The molecule has 1 aromatic rings. The Balaban J connectivity index is 3.28. The molecule has 3 nitrogen and oxygen atoms in total. The van der Waals surface area contributed by atoms with Gasteiger partial charge in [-0.2, -0.15) is 5.10 Å². The van der Waals surface area contributed by atoms with E-state index in [0.717, 1.165) is 0 Å². The third-order valence-electron chi connectivity index (χ3n) is 1.56. The van der Waals surface area contributed by atoms with E-state index in [1.165, 1.54) is 4.68 Å². The Bertz CT molecular complexity index is 319. The van der Waals surface area contributed by atoms with Crippen LogP contribution in [0.5, 0.6) is 0 Å². The fourth-order valence-electron chi connectivity index (χ4n) is 0.986. The quantitative estimate of drug-likeness (QED) is 0.697. The van der Waals surface area contributed by atoms with Crippen molar-refractivity contribution in [3.8, 4) is 0 Å². The SMILES string of the molecule is CCn1nc(C)c(C(=O)Cl)c1Cl. The van der Waals surface area contributed by atoms with E-state index in [2.05, 4.69) is 5.10 Å². The molecule has 0 atom stereocenters. The van der Waals surface area contributed by atoms with Gasteiger partial charge in [-0.3, -0.25) is 9.48 Å². The van der Waals surface area contributed by atoms with Crippen molar-refractivity contribution in [1.29, 1.82) is 0 Å². The number of hydrogen-bond acceptors (Lipinski definition) is 2. The van der Waals surface area contributed by atoms with E-state index in [0.29, 0.717) is 23.0 Å². The van der Waals surface area contributed by atoms with Crippen molar-refractivity contribution in [3.05, 3.63) is 16.4 Å². The summed E-state index contributed by atoms with van der Waals surface area (Å²) in [7, 11) is 0. The molecule has 1 heterocycles. The van der Waals surface area contributed by atoms with Crippen LogP contribution in [0.25, 0.3) is 0 Å². The molecule has 5 heteroatoms. The first-order chi connectivity index (χ1) is 5.57. The predicted molar refractivity (Wildman–Crippen MR) is 47.8 cm³/mol. The summed E-state index contributed by atoms with van der Waals surface area (Å²) in [5.74, 6) is 0. The molecule has 0 fully saturated rings. The first-order valence-electron chi connectivity index (χ1n) is 3.50. The summed E-state index contributed by atoms with van der Waals surface area (Å²) in [5.41, 5.74) is 0.877. The maximum Gasteiger partial charge on any atom is 0.257 e. The van der Waals surface area contributed by atoms with Crippen molar-refractivity contribution in [2.75, 3.05) is 0 Å². The number of aryl methyl sites for hydroxylation is 2. The number of aromatic nitrogens is 2. The van der Waals surface area contributed by atoms with Crippen molar-refractivity contribution in [3.63, 3.8) is 0 Å². The number of hydrogen-bond donors (Lipinski definition) is 0. The molecule has 0 amide bonds. The molecule has 0 aromatic carbocycles. The van der Waals surface area contributed by atoms with E-state index < -0.39 is 5.24 Å². The average Bonchev–Trinajstić information content (AvgIpc) is 2.25. The Labute approximate surface area is 80.3 Å². The fourth-order valence-corrected chi connectivity index (χ4v) is 1.64. The molecule has 1 rings (SSSR count). The molecule has 0 aliphatic rings. The van der Waals surface area contributed by atoms with Gasteiger partial charge in [0.1, 0.15) is 5.15 Å². The zero-order valence-corrected chi connectivity index (χ0v) is 8.28. The summed E-state index contributed by atoms with van der Waals surface area (Å²) in [5, 5.41) is 3.79. The van der Waals surface area contributed by atoms with Crippen LogP contribution in [0.4, 0.5) is 0 Å². The number of carbonyl (C=O) groups excluding carboxylic acids is 1. The Morgan fingerprint density at radius 2 is 2.25 bits per heavy atom. The second-order valence-electron chi connectivity index (χ2n) is 2.34. The maximum absolute atomic E-state index is 10.8. The van der Waals surface area contributed by atoms with Crippen molar-refractivity contribution < 1.29 is 4.79 Å². The molecular weight excluding hydrogens is 199 g/mol. The second-order valence-corrected chi connectivity index (χ2v) is 3.04. The molecule has 0 bridgehead atoms. The number of nitrogens with zero attached hydrogens (tertiary/aromatic N) is 2. The highest BCUT2D eigenvalue weighted by atomic mass is 35.5. The molecule has 66 valence electrons. The third kappa shape index (κ3) is 1.47. The third-order valence-corrected chi connectivity index (χ3v) is 2.13. The van der Waals surface area contributed by atoms with Crippen LogP contribution in [0, 0.1) is 6.92 Å². The lowest BCUT2D eigenvalue weighted by Gasteiger charge is -1.95. The summed E-state index contributed by atoms with van der Waals surface area (Å²) in [6, 6.07) is 0. The van der Waals surface area contributed by atoms with Crippen molar-refractivity contribution in [1.82, 2.24) is 9.78 Å². The molecule has 0 saturated heterocycles. The van der Waals surface area contributed by atoms with Crippen LogP contribution in [-0.4, -0.2) is 15.0 Å². The summed E-state index contributed by atoms with van der Waals surface area (Å²) >= 11 is 11.1. The molecule has 0 aliphatic heterocycles. The first kappa shape index (κ1) is 9.55. The van der Waals surface area contributed by atoms with Gasteiger partial charge in [-0.05, 0) is 25.4 Å². The van der Waals surface area contributed by atoms with Gasteiger partial charge in [-0.25, -0.2) is 0 Å². The molecule has 1 aromatic heterocycles. The van der Waals surface area contributed by atoms with Gasteiger partial charge in [0.25, 0.3) is 5.24 Å². The minimum Gasteiger partial charge on any atom is -0.275 e. The number of rotatable bonds is 2. The van der Waals surface area contributed by atoms with E-state index in [1.807, 2.05) is 6.92 Å². The van der Waals surface area contributed by atoms with Crippen LogP contribution in [0.15, 0.2) is 0 Å². The van der Waals surface area contributed by atoms with Gasteiger partial charge in [0, 0.05) is 6.54 Å². The second kappa shape index (κ2) is 3.46. The van der Waals surface area contributed by atoms with Gasteiger partial charge in [0.05, 0.1) is 11.3 Å². The highest BCUT2D eigenvalue weighted by molar-refractivity contribution is 6.68. The highest BCUT2D eigenvalue weighted by Crippen LogP contribution is 2.21. The first-order valence-corrected chi connectivity index (χ1v) is 4.26. The summed E-state index contributed by atoms with van der Waals surface area (Å²) in [6.07, 6.45) is 0. The summed E-state index contributed by atoms with van der Waals surface area (Å²) < 4.78 is 1.53. The van der Waals surface area contributed by atoms with Crippen LogP contribution in [0.1, 0.15) is 23.0 Å². The van der Waals surface area contributed by atoms with Gasteiger partial charge in [0.2, 0.25) is 0 Å².